The Bertz CT molecular complexity index is 522. The van der Waals surface area contributed by atoms with Crippen molar-refractivity contribution in [3.05, 3.63) is 29.8 Å². The summed E-state index contributed by atoms with van der Waals surface area (Å²) in [5.74, 6) is 0.00990. The highest BCUT2D eigenvalue weighted by molar-refractivity contribution is 7.80. The largest absolute Gasteiger partial charge is 0.389 e. The number of likely N-dealkylation sites (tertiary alicyclic amines) is 1. The Morgan fingerprint density at radius 1 is 1.38 bits per heavy atom. The van der Waals surface area contributed by atoms with Gasteiger partial charge in [0.1, 0.15) is 4.99 Å². The molecule has 0 spiro atoms. The molecule has 2 unspecified atom stereocenters. The normalized spacial score (nSPS) is 22.8. The molecule has 1 aliphatic rings. The minimum atomic E-state index is 0.00990. The number of rotatable bonds is 4. The first-order valence-corrected chi connectivity index (χ1v) is 7.83. The number of nitrogens with zero attached hydrogens (tertiary/aromatic N) is 1. The molecule has 1 amide bonds. The number of nitrogens with two attached hydrogens (primary N) is 1. The molecule has 1 saturated heterocycles. The van der Waals surface area contributed by atoms with Gasteiger partial charge in [0.15, 0.2) is 0 Å². The average molecular weight is 305 g/mol. The lowest BCUT2D eigenvalue weighted by atomic mass is 9.97. The summed E-state index contributed by atoms with van der Waals surface area (Å²) in [6.07, 6.45) is 3.57. The van der Waals surface area contributed by atoms with Gasteiger partial charge in [-0.2, -0.15) is 0 Å². The molecule has 0 bridgehead atoms. The molecule has 0 radical (unpaired) electrons. The van der Waals surface area contributed by atoms with Crippen LogP contribution in [0.2, 0.25) is 0 Å². The predicted molar refractivity (Wildman–Crippen MR) is 90.4 cm³/mol. The van der Waals surface area contributed by atoms with Gasteiger partial charge in [-0.15, -0.1) is 0 Å². The van der Waals surface area contributed by atoms with E-state index < -0.39 is 0 Å². The first kappa shape index (κ1) is 15.9. The molecule has 1 heterocycles. The first-order chi connectivity index (χ1) is 9.97. The fourth-order valence-corrected chi connectivity index (χ4v) is 3.03. The van der Waals surface area contributed by atoms with Gasteiger partial charge in [0.2, 0.25) is 5.91 Å². The smallest absolute Gasteiger partial charge is 0.238 e. The van der Waals surface area contributed by atoms with E-state index in [1.165, 1.54) is 6.42 Å². The zero-order chi connectivity index (χ0) is 15.4. The molecule has 0 saturated carbocycles. The lowest BCUT2D eigenvalue weighted by Gasteiger charge is -2.38. The fraction of sp³-hybridized carbons (Fsp3) is 0.500. The molecule has 1 aliphatic heterocycles. The Hall–Kier alpha value is -1.46. The summed E-state index contributed by atoms with van der Waals surface area (Å²) in [4.78, 5) is 14.8. The first-order valence-electron chi connectivity index (χ1n) is 7.43. The number of carbonyl (C=O) groups is 1. The second kappa shape index (κ2) is 7.00. The molecule has 114 valence electrons. The van der Waals surface area contributed by atoms with Gasteiger partial charge in [-0.05, 0) is 38.8 Å². The van der Waals surface area contributed by atoms with Crippen LogP contribution < -0.4 is 11.1 Å². The quantitative estimate of drug-likeness (QED) is 0.839. The Morgan fingerprint density at radius 3 is 2.67 bits per heavy atom. The number of anilines is 1. The summed E-state index contributed by atoms with van der Waals surface area (Å²) in [7, 11) is 0. The fourth-order valence-electron chi connectivity index (χ4n) is 2.90. The second-order valence-corrected chi connectivity index (χ2v) is 6.23. The van der Waals surface area contributed by atoms with Crippen LogP contribution in [0.5, 0.6) is 0 Å². The Labute approximate surface area is 131 Å². The summed E-state index contributed by atoms with van der Waals surface area (Å²) < 4.78 is 0. The molecule has 1 aromatic carbocycles. The van der Waals surface area contributed by atoms with Gasteiger partial charge in [-0.1, -0.05) is 30.8 Å². The van der Waals surface area contributed by atoms with E-state index in [0.29, 0.717) is 23.6 Å². The molecule has 5 heteroatoms. The van der Waals surface area contributed by atoms with Crippen molar-refractivity contribution in [2.24, 2.45) is 5.73 Å². The van der Waals surface area contributed by atoms with E-state index in [1.54, 1.807) is 0 Å². The summed E-state index contributed by atoms with van der Waals surface area (Å²) in [5.41, 5.74) is 7.11. The van der Waals surface area contributed by atoms with Crippen molar-refractivity contribution in [3.63, 3.8) is 0 Å². The highest BCUT2D eigenvalue weighted by atomic mass is 32.1. The molecule has 4 nitrogen and oxygen atoms in total. The van der Waals surface area contributed by atoms with Gasteiger partial charge in [0.05, 0.1) is 6.54 Å². The van der Waals surface area contributed by atoms with E-state index in [1.807, 2.05) is 24.3 Å². The number of thiocarbonyl (C=S) groups is 1. The molecule has 0 aromatic heterocycles. The van der Waals surface area contributed by atoms with Crippen LogP contribution in [0.4, 0.5) is 5.69 Å². The predicted octanol–water partition coefficient (Wildman–Crippen LogP) is 2.52. The zero-order valence-corrected chi connectivity index (χ0v) is 13.5. The standard InChI is InChI=1S/C16H23N3OS/c1-11-5-3-6-12(2)19(11)10-15(20)18-14-8-4-7-13(9-14)16(17)21/h4,7-9,11-12H,3,5-6,10H2,1-2H3,(H2,17,21)(H,18,20). The van der Waals surface area contributed by atoms with Gasteiger partial charge >= 0.3 is 0 Å². The highest BCUT2D eigenvalue weighted by Gasteiger charge is 2.26. The lowest BCUT2D eigenvalue weighted by Crippen LogP contribution is -2.47. The number of hydrogen-bond acceptors (Lipinski definition) is 3. The summed E-state index contributed by atoms with van der Waals surface area (Å²) in [6.45, 7) is 4.81. The van der Waals surface area contributed by atoms with Gasteiger partial charge < -0.3 is 11.1 Å². The van der Waals surface area contributed by atoms with Crippen molar-refractivity contribution in [2.75, 3.05) is 11.9 Å². The number of benzene rings is 1. The van der Waals surface area contributed by atoms with Crippen LogP contribution in [0.1, 0.15) is 38.7 Å². The Kier molecular flexibility index (Phi) is 5.31. The van der Waals surface area contributed by atoms with Crippen molar-refractivity contribution < 1.29 is 4.79 Å². The van der Waals surface area contributed by atoms with Crippen LogP contribution >= 0.6 is 12.2 Å². The van der Waals surface area contributed by atoms with Gasteiger partial charge in [-0.3, -0.25) is 9.69 Å². The van der Waals surface area contributed by atoms with Crippen LogP contribution in [0.15, 0.2) is 24.3 Å². The van der Waals surface area contributed by atoms with Gasteiger partial charge in [0, 0.05) is 23.3 Å². The third-order valence-corrected chi connectivity index (χ3v) is 4.37. The van der Waals surface area contributed by atoms with Crippen molar-refractivity contribution in [2.45, 2.75) is 45.2 Å². The van der Waals surface area contributed by atoms with Crippen LogP contribution in [0.3, 0.4) is 0 Å². The van der Waals surface area contributed by atoms with Gasteiger partial charge in [-0.25, -0.2) is 0 Å². The Morgan fingerprint density at radius 2 is 2.05 bits per heavy atom. The maximum Gasteiger partial charge on any atom is 0.238 e. The van der Waals surface area contributed by atoms with Crippen LogP contribution in [0, 0.1) is 0 Å². The molecular weight excluding hydrogens is 282 g/mol. The maximum absolute atomic E-state index is 12.2. The number of piperidine rings is 1. The molecule has 1 aromatic rings. The monoisotopic (exact) mass is 305 g/mol. The van der Waals surface area contributed by atoms with Crippen LogP contribution in [-0.4, -0.2) is 34.4 Å². The summed E-state index contributed by atoms with van der Waals surface area (Å²) in [5, 5.41) is 2.93. The second-order valence-electron chi connectivity index (χ2n) is 5.79. The highest BCUT2D eigenvalue weighted by Crippen LogP contribution is 2.22. The van der Waals surface area contributed by atoms with E-state index in [9.17, 15) is 4.79 Å². The molecule has 21 heavy (non-hydrogen) atoms. The maximum atomic E-state index is 12.2. The minimum absolute atomic E-state index is 0.00990. The topological polar surface area (TPSA) is 58.4 Å². The summed E-state index contributed by atoms with van der Waals surface area (Å²) in [6, 6.07) is 8.26. The third kappa shape index (κ3) is 4.25. The van der Waals surface area contributed by atoms with Crippen molar-refractivity contribution in [3.8, 4) is 0 Å². The van der Waals surface area contributed by atoms with Gasteiger partial charge in [0.25, 0.3) is 0 Å². The van der Waals surface area contributed by atoms with E-state index in [-0.39, 0.29) is 5.91 Å². The summed E-state index contributed by atoms with van der Waals surface area (Å²) >= 11 is 4.95. The van der Waals surface area contributed by atoms with E-state index in [0.717, 1.165) is 24.1 Å². The van der Waals surface area contributed by atoms with E-state index in [2.05, 4.69) is 24.1 Å². The molecular formula is C16H23N3OS. The number of carbonyl (C=O) groups excluding carboxylic acids is 1. The van der Waals surface area contributed by atoms with Crippen LogP contribution in [0.25, 0.3) is 0 Å². The molecule has 1 fully saturated rings. The third-order valence-electron chi connectivity index (χ3n) is 4.13. The molecule has 0 aliphatic carbocycles. The number of hydrogen-bond donors (Lipinski definition) is 2. The van der Waals surface area contributed by atoms with E-state index >= 15 is 0 Å². The Balaban J connectivity index is 1.98. The van der Waals surface area contributed by atoms with Crippen molar-refractivity contribution in [1.82, 2.24) is 4.90 Å². The van der Waals surface area contributed by atoms with Crippen LogP contribution in [-0.2, 0) is 4.79 Å². The zero-order valence-electron chi connectivity index (χ0n) is 12.6. The average Bonchev–Trinajstić information content (AvgIpc) is 2.43. The number of nitrogens with one attached hydrogen (secondary N) is 1. The van der Waals surface area contributed by atoms with E-state index in [4.69, 9.17) is 18.0 Å². The van der Waals surface area contributed by atoms with Crippen molar-refractivity contribution in [1.29, 1.82) is 0 Å². The SMILES string of the molecule is CC1CCCC(C)N1CC(=O)Nc1cccc(C(N)=S)c1. The molecule has 2 atom stereocenters. The lowest BCUT2D eigenvalue weighted by molar-refractivity contribution is -0.118. The molecule has 3 N–H and O–H groups in total. The molecule has 2 rings (SSSR count). The number of amides is 1. The minimum Gasteiger partial charge on any atom is -0.389 e. The van der Waals surface area contributed by atoms with Crippen molar-refractivity contribution >= 4 is 28.8 Å².